The Morgan fingerprint density at radius 2 is 2.27 bits per heavy atom. The zero-order chi connectivity index (χ0) is 10.7. The summed E-state index contributed by atoms with van der Waals surface area (Å²) in [4.78, 5) is 6.83. The second kappa shape index (κ2) is 4.62. The number of aromatic nitrogens is 1. The third-order valence-corrected chi connectivity index (χ3v) is 2.64. The first-order chi connectivity index (χ1) is 7.27. The normalized spacial score (nSPS) is 17.1. The zero-order valence-electron chi connectivity index (χ0n) is 9.44. The SMILES string of the molecule is CC(C)c1cccc(N2CCCOC2)n1. The van der Waals surface area contributed by atoms with E-state index in [-0.39, 0.29) is 0 Å². The van der Waals surface area contributed by atoms with Crippen molar-refractivity contribution in [2.75, 3.05) is 24.8 Å². The highest BCUT2D eigenvalue weighted by atomic mass is 16.5. The molecular formula is C12H18N2O. The van der Waals surface area contributed by atoms with Crippen molar-refractivity contribution in [3.05, 3.63) is 23.9 Å². The highest BCUT2D eigenvalue weighted by Gasteiger charge is 2.12. The second-order valence-corrected chi connectivity index (χ2v) is 4.23. The lowest BCUT2D eigenvalue weighted by Gasteiger charge is -2.28. The topological polar surface area (TPSA) is 25.4 Å². The molecule has 82 valence electrons. The van der Waals surface area contributed by atoms with E-state index in [1.165, 1.54) is 0 Å². The van der Waals surface area contributed by atoms with E-state index in [0.717, 1.165) is 31.1 Å². The number of hydrogen-bond acceptors (Lipinski definition) is 3. The zero-order valence-corrected chi connectivity index (χ0v) is 9.44. The molecule has 1 aromatic rings. The Labute approximate surface area is 91.1 Å². The van der Waals surface area contributed by atoms with E-state index in [2.05, 4.69) is 41.9 Å². The molecule has 2 rings (SSSR count). The van der Waals surface area contributed by atoms with Gasteiger partial charge in [0.2, 0.25) is 0 Å². The minimum Gasteiger partial charge on any atom is -0.361 e. The number of anilines is 1. The highest BCUT2D eigenvalue weighted by Crippen LogP contribution is 2.18. The van der Waals surface area contributed by atoms with Crippen LogP contribution in [-0.2, 0) is 4.74 Å². The maximum atomic E-state index is 5.42. The van der Waals surface area contributed by atoms with Gasteiger partial charge in [0.25, 0.3) is 0 Å². The molecule has 1 saturated heterocycles. The van der Waals surface area contributed by atoms with Crippen LogP contribution in [-0.4, -0.2) is 24.9 Å². The van der Waals surface area contributed by atoms with Crippen LogP contribution in [0, 0.1) is 0 Å². The number of nitrogens with zero attached hydrogens (tertiary/aromatic N) is 2. The Kier molecular flexibility index (Phi) is 3.21. The standard InChI is InChI=1S/C12H18N2O/c1-10(2)11-5-3-6-12(13-11)14-7-4-8-15-9-14/h3,5-6,10H,4,7-9H2,1-2H3. The molecule has 0 N–H and O–H groups in total. The van der Waals surface area contributed by atoms with Gasteiger partial charge in [0.15, 0.2) is 0 Å². The molecule has 0 unspecified atom stereocenters. The van der Waals surface area contributed by atoms with Gasteiger partial charge >= 0.3 is 0 Å². The lowest BCUT2D eigenvalue weighted by molar-refractivity contribution is 0.106. The van der Waals surface area contributed by atoms with Gasteiger partial charge in [-0.15, -0.1) is 0 Å². The highest BCUT2D eigenvalue weighted by molar-refractivity contribution is 5.39. The lowest BCUT2D eigenvalue weighted by Crippen LogP contribution is -2.33. The van der Waals surface area contributed by atoms with Gasteiger partial charge < -0.3 is 9.64 Å². The predicted octanol–water partition coefficient (Wildman–Crippen LogP) is 2.39. The van der Waals surface area contributed by atoms with E-state index in [0.29, 0.717) is 12.6 Å². The summed E-state index contributed by atoms with van der Waals surface area (Å²) >= 11 is 0. The minimum absolute atomic E-state index is 0.482. The van der Waals surface area contributed by atoms with Crippen LogP contribution < -0.4 is 4.90 Å². The molecule has 0 saturated carbocycles. The Balaban J connectivity index is 2.16. The second-order valence-electron chi connectivity index (χ2n) is 4.23. The molecular weight excluding hydrogens is 188 g/mol. The van der Waals surface area contributed by atoms with E-state index in [4.69, 9.17) is 4.74 Å². The average Bonchev–Trinajstić information content (AvgIpc) is 2.30. The molecule has 1 aliphatic heterocycles. The van der Waals surface area contributed by atoms with Crippen LogP contribution in [0.5, 0.6) is 0 Å². The van der Waals surface area contributed by atoms with Crippen LogP contribution in [0.4, 0.5) is 5.82 Å². The number of ether oxygens (including phenoxy) is 1. The molecule has 1 aliphatic rings. The maximum absolute atomic E-state index is 5.42. The van der Waals surface area contributed by atoms with Crippen LogP contribution in [0.3, 0.4) is 0 Å². The predicted molar refractivity (Wildman–Crippen MR) is 61.1 cm³/mol. The van der Waals surface area contributed by atoms with Gasteiger partial charge in [-0.2, -0.15) is 0 Å². The summed E-state index contributed by atoms with van der Waals surface area (Å²) in [5, 5.41) is 0. The summed E-state index contributed by atoms with van der Waals surface area (Å²) in [7, 11) is 0. The van der Waals surface area contributed by atoms with Gasteiger partial charge in [-0.3, -0.25) is 0 Å². The molecule has 0 aromatic carbocycles. The first-order valence-corrected chi connectivity index (χ1v) is 5.57. The van der Waals surface area contributed by atoms with Crippen molar-refractivity contribution in [2.24, 2.45) is 0 Å². The Bertz CT molecular complexity index is 319. The average molecular weight is 206 g/mol. The summed E-state index contributed by atoms with van der Waals surface area (Å²) in [5.74, 6) is 1.52. The fourth-order valence-electron chi connectivity index (χ4n) is 1.71. The Morgan fingerprint density at radius 3 is 2.93 bits per heavy atom. The summed E-state index contributed by atoms with van der Waals surface area (Å²) in [5.41, 5.74) is 1.15. The van der Waals surface area contributed by atoms with Crippen molar-refractivity contribution in [1.82, 2.24) is 4.98 Å². The maximum Gasteiger partial charge on any atom is 0.130 e. The summed E-state index contributed by atoms with van der Waals surface area (Å²) < 4.78 is 5.42. The van der Waals surface area contributed by atoms with Crippen molar-refractivity contribution in [1.29, 1.82) is 0 Å². The third-order valence-electron chi connectivity index (χ3n) is 2.64. The molecule has 0 amide bonds. The number of hydrogen-bond donors (Lipinski definition) is 0. The quantitative estimate of drug-likeness (QED) is 0.743. The van der Waals surface area contributed by atoms with Crippen molar-refractivity contribution in [3.63, 3.8) is 0 Å². The molecule has 1 aromatic heterocycles. The third kappa shape index (κ3) is 2.48. The van der Waals surface area contributed by atoms with Gasteiger partial charge in [0.05, 0.1) is 6.61 Å². The van der Waals surface area contributed by atoms with Gasteiger partial charge in [0.1, 0.15) is 12.5 Å². The first-order valence-electron chi connectivity index (χ1n) is 5.57. The monoisotopic (exact) mass is 206 g/mol. The summed E-state index contributed by atoms with van der Waals surface area (Å²) in [6, 6.07) is 6.21. The van der Waals surface area contributed by atoms with E-state index in [9.17, 15) is 0 Å². The van der Waals surface area contributed by atoms with Gasteiger partial charge in [0, 0.05) is 12.2 Å². The van der Waals surface area contributed by atoms with Crippen molar-refractivity contribution in [3.8, 4) is 0 Å². The van der Waals surface area contributed by atoms with Gasteiger partial charge in [-0.25, -0.2) is 4.98 Å². The van der Waals surface area contributed by atoms with Gasteiger partial charge in [-0.05, 0) is 24.5 Å². The summed E-state index contributed by atoms with van der Waals surface area (Å²) in [6.07, 6.45) is 1.09. The van der Waals surface area contributed by atoms with E-state index < -0.39 is 0 Å². The summed E-state index contributed by atoms with van der Waals surface area (Å²) in [6.45, 7) is 6.93. The molecule has 15 heavy (non-hydrogen) atoms. The first kappa shape index (κ1) is 10.4. The molecule has 0 spiro atoms. The van der Waals surface area contributed by atoms with Gasteiger partial charge in [-0.1, -0.05) is 19.9 Å². The molecule has 0 aliphatic carbocycles. The Morgan fingerprint density at radius 1 is 1.40 bits per heavy atom. The molecule has 1 fully saturated rings. The van der Waals surface area contributed by atoms with Crippen molar-refractivity contribution >= 4 is 5.82 Å². The van der Waals surface area contributed by atoms with Crippen LogP contribution in [0.15, 0.2) is 18.2 Å². The Hall–Kier alpha value is -1.09. The van der Waals surface area contributed by atoms with Crippen molar-refractivity contribution < 1.29 is 4.74 Å². The number of rotatable bonds is 2. The number of pyridine rings is 1. The van der Waals surface area contributed by atoms with Crippen LogP contribution in [0.25, 0.3) is 0 Å². The molecule has 0 bridgehead atoms. The smallest absolute Gasteiger partial charge is 0.130 e. The van der Waals surface area contributed by atoms with E-state index in [1.807, 2.05) is 0 Å². The largest absolute Gasteiger partial charge is 0.361 e. The molecule has 3 heteroatoms. The van der Waals surface area contributed by atoms with E-state index >= 15 is 0 Å². The van der Waals surface area contributed by atoms with E-state index in [1.54, 1.807) is 0 Å². The molecule has 2 heterocycles. The molecule has 0 radical (unpaired) electrons. The molecule has 0 atom stereocenters. The van der Waals surface area contributed by atoms with Crippen LogP contribution in [0.2, 0.25) is 0 Å². The lowest BCUT2D eigenvalue weighted by atomic mass is 10.1. The fourth-order valence-corrected chi connectivity index (χ4v) is 1.71. The van der Waals surface area contributed by atoms with Crippen molar-refractivity contribution in [2.45, 2.75) is 26.2 Å². The van der Waals surface area contributed by atoms with Crippen LogP contribution >= 0.6 is 0 Å². The minimum atomic E-state index is 0.482. The molecule has 3 nitrogen and oxygen atoms in total. The fraction of sp³-hybridized carbons (Fsp3) is 0.583. The van der Waals surface area contributed by atoms with Crippen LogP contribution in [0.1, 0.15) is 31.9 Å².